The Bertz CT molecular complexity index is 189. The third-order valence-electron chi connectivity index (χ3n) is 1.03. The molecule has 0 rings (SSSR count). The second-order valence-corrected chi connectivity index (χ2v) is 4.07. The molecule has 0 spiro atoms. The minimum absolute atomic E-state index is 0.310. The van der Waals surface area contributed by atoms with E-state index < -0.39 is 5.60 Å². The lowest BCUT2D eigenvalue weighted by Gasteiger charge is -2.19. The van der Waals surface area contributed by atoms with Crippen molar-refractivity contribution in [2.75, 3.05) is 0 Å². The lowest BCUT2D eigenvalue weighted by atomic mass is 10.1. The molecule has 2 nitrogen and oxygen atoms in total. The lowest BCUT2D eigenvalue weighted by molar-refractivity contribution is -0.150. The van der Waals surface area contributed by atoms with E-state index in [2.05, 4.69) is 21.9 Å². The average Bonchev–Trinajstić information content (AvgIpc) is 1.87. The maximum atomic E-state index is 11.0. The highest BCUT2D eigenvalue weighted by Gasteiger charge is 2.21. The summed E-state index contributed by atoms with van der Waals surface area (Å²) in [5, 5.41) is 0. The predicted molar refractivity (Wildman–Crippen MR) is 47.4 cm³/mol. The molecule has 0 saturated heterocycles. The van der Waals surface area contributed by atoms with Crippen LogP contribution in [0.5, 0.6) is 0 Å². The van der Waals surface area contributed by atoms with Crippen LogP contribution in [0, 0.1) is 12.3 Å². The van der Waals surface area contributed by atoms with Crippen LogP contribution in [0.4, 0.5) is 0 Å². The second kappa shape index (κ2) is 3.77. The molecule has 0 amide bonds. The van der Waals surface area contributed by atoms with Crippen molar-refractivity contribution in [2.24, 2.45) is 0 Å². The van der Waals surface area contributed by atoms with Crippen molar-refractivity contribution in [3.8, 4) is 12.3 Å². The molecule has 0 N–H and O–H groups in total. The van der Waals surface area contributed by atoms with Gasteiger partial charge in [-0.05, 0) is 20.8 Å². The summed E-state index contributed by atoms with van der Waals surface area (Å²) in [6, 6.07) is 0. The normalized spacial score (nSPS) is 13.4. The zero-order chi connectivity index (χ0) is 9.07. The topological polar surface area (TPSA) is 26.3 Å². The third-order valence-corrected chi connectivity index (χ3v) is 1.40. The van der Waals surface area contributed by atoms with Crippen molar-refractivity contribution in [1.82, 2.24) is 0 Å². The zero-order valence-corrected chi connectivity index (χ0v) is 8.44. The summed E-state index contributed by atoms with van der Waals surface area (Å²) in [5.74, 6) is 2.02. The van der Waals surface area contributed by atoms with Crippen LogP contribution in [-0.2, 0) is 9.53 Å². The van der Waals surface area contributed by atoms with Crippen LogP contribution in [0.15, 0.2) is 0 Å². The van der Waals surface area contributed by atoms with Gasteiger partial charge in [-0.25, -0.2) is 0 Å². The summed E-state index contributed by atoms with van der Waals surface area (Å²) in [4.78, 5) is 10.6. The first-order valence-corrected chi connectivity index (χ1v) is 4.15. The van der Waals surface area contributed by atoms with Gasteiger partial charge in [0, 0.05) is 0 Å². The first-order valence-electron chi connectivity index (χ1n) is 3.24. The van der Waals surface area contributed by atoms with Crippen molar-refractivity contribution in [2.45, 2.75) is 31.2 Å². The molecule has 0 radical (unpaired) electrons. The smallest absolute Gasteiger partial charge is 0.320 e. The summed E-state index contributed by atoms with van der Waals surface area (Å²) in [6.07, 6.45) is 5.11. The van der Waals surface area contributed by atoms with Gasteiger partial charge in [-0.3, -0.25) is 4.79 Å². The van der Waals surface area contributed by atoms with E-state index in [0.717, 1.165) is 0 Å². The van der Waals surface area contributed by atoms with Gasteiger partial charge in [0.05, 0.1) is 0 Å². The highest BCUT2D eigenvalue weighted by Crippen LogP contribution is 2.11. The Hall–Kier alpha value is -0.490. The summed E-state index contributed by atoms with van der Waals surface area (Å²) in [5.41, 5.74) is -0.806. The minimum atomic E-state index is -0.806. The molecule has 0 aliphatic carbocycles. The maximum Gasteiger partial charge on any atom is 0.320 e. The van der Waals surface area contributed by atoms with Gasteiger partial charge < -0.3 is 4.74 Å². The number of hydrogen-bond donors (Lipinski definition) is 0. The Morgan fingerprint density at radius 3 is 2.45 bits per heavy atom. The van der Waals surface area contributed by atoms with E-state index in [4.69, 9.17) is 11.2 Å². The van der Waals surface area contributed by atoms with E-state index >= 15 is 0 Å². The molecule has 0 aromatic rings. The SMILES string of the molecule is C#CC(C)(C)OC(=O)C(C)Br. The number of carbonyl (C=O) groups is 1. The summed E-state index contributed by atoms with van der Waals surface area (Å²) >= 11 is 3.08. The number of halogens is 1. The fourth-order valence-corrected chi connectivity index (χ4v) is 0.456. The number of alkyl halides is 1. The molecule has 0 bridgehead atoms. The highest BCUT2D eigenvalue weighted by atomic mass is 79.9. The van der Waals surface area contributed by atoms with Crippen LogP contribution in [-0.4, -0.2) is 16.4 Å². The Balaban J connectivity index is 4.08. The molecule has 0 heterocycles. The zero-order valence-electron chi connectivity index (χ0n) is 6.85. The molecule has 0 aliphatic rings. The Morgan fingerprint density at radius 1 is 1.73 bits per heavy atom. The molecule has 3 heteroatoms. The molecule has 0 aromatic carbocycles. The fourth-order valence-electron chi connectivity index (χ4n) is 0.362. The van der Waals surface area contributed by atoms with Crippen molar-refractivity contribution < 1.29 is 9.53 Å². The highest BCUT2D eigenvalue weighted by molar-refractivity contribution is 9.10. The number of terminal acetylenes is 1. The monoisotopic (exact) mass is 218 g/mol. The van der Waals surface area contributed by atoms with Crippen LogP contribution in [0.2, 0.25) is 0 Å². The molecule has 0 fully saturated rings. The summed E-state index contributed by atoms with van der Waals surface area (Å²) in [7, 11) is 0. The Labute approximate surface area is 75.4 Å². The lowest BCUT2D eigenvalue weighted by Crippen LogP contribution is -2.29. The van der Waals surface area contributed by atoms with Crippen LogP contribution in [0.3, 0.4) is 0 Å². The van der Waals surface area contributed by atoms with Gasteiger partial charge in [0.2, 0.25) is 0 Å². The molecule has 0 saturated carbocycles. The number of carbonyl (C=O) groups excluding carboxylic acids is 1. The van der Waals surface area contributed by atoms with E-state index in [1.165, 1.54) is 0 Å². The molecule has 0 aliphatic heterocycles. The quantitative estimate of drug-likeness (QED) is 0.401. The van der Waals surface area contributed by atoms with Gasteiger partial charge in [0.25, 0.3) is 0 Å². The van der Waals surface area contributed by atoms with Gasteiger partial charge in [-0.2, -0.15) is 0 Å². The molecule has 1 atom stereocenters. The van der Waals surface area contributed by atoms with Crippen LogP contribution < -0.4 is 0 Å². The van der Waals surface area contributed by atoms with E-state index in [1.54, 1.807) is 20.8 Å². The van der Waals surface area contributed by atoms with Crippen molar-refractivity contribution in [3.63, 3.8) is 0 Å². The standard InChI is InChI=1S/C8H11BrO2/c1-5-8(3,4)11-7(10)6(2)9/h1,6H,2-4H3. The minimum Gasteiger partial charge on any atom is -0.446 e. The van der Waals surface area contributed by atoms with E-state index in [-0.39, 0.29) is 10.8 Å². The molecule has 11 heavy (non-hydrogen) atoms. The van der Waals surface area contributed by atoms with Gasteiger partial charge in [-0.1, -0.05) is 21.9 Å². The Morgan fingerprint density at radius 2 is 2.18 bits per heavy atom. The number of ether oxygens (including phenoxy) is 1. The molecular weight excluding hydrogens is 208 g/mol. The van der Waals surface area contributed by atoms with Crippen LogP contribution >= 0.6 is 15.9 Å². The van der Waals surface area contributed by atoms with Crippen molar-refractivity contribution >= 4 is 21.9 Å². The molecular formula is C8H11BrO2. The number of esters is 1. The molecule has 1 unspecified atom stereocenters. The van der Waals surface area contributed by atoms with E-state index in [9.17, 15) is 4.79 Å². The summed E-state index contributed by atoms with van der Waals surface area (Å²) in [6.45, 7) is 5.02. The average molecular weight is 219 g/mol. The first-order chi connectivity index (χ1) is 4.89. The largest absolute Gasteiger partial charge is 0.446 e. The predicted octanol–water partition coefficient (Wildman–Crippen LogP) is 1.72. The van der Waals surface area contributed by atoms with E-state index in [1.807, 2.05) is 0 Å². The second-order valence-electron chi connectivity index (χ2n) is 2.69. The van der Waals surface area contributed by atoms with E-state index in [0.29, 0.717) is 0 Å². The molecule has 0 aromatic heterocycles. The third kappa shape index (κ3) is 4.05. The van der Waals surface area contributed by atoms with Crippen LogP contribution in [0.25, 0.3) is 0 Å². The summed E-state index contributed by atoms with van der Waals surface area (Å²) < 4.78 is 4.93. The van der Waals surface area contributed by atoms with Gasteiger partial charge in [0.15, 0.2) is 5.60 Å². The number of hydrogen-bond acceptors (Lipinski definition) is 2. The van der Waals surface area contributed by atoms with Gasteiger partial charge >= 0.3 is 5.97 Å². The fraction of sp³-hybridized carbons (Fsp3) is 0.625. The van der Waals surface area contributed by atoms with Crippen molar-refractivity contribution in [1.29, 1.82) is 0 Å². The van der Waals surface area contributed by atoms with Gasteiger partial charge in [-0.15, -0.1) is 6.42 Å². The number of rotatable bonds is 2. The van der Waals surface area contributed by atoms with Crippen molar-refractivity contribution in [3.05, 3.63) is 0 Å². The Kier molecular flexibility index (Phi) is 3.61. The maximum absolute atomic E-state index is 11.0. The molecule has 62 valence electrons. The first kappa shape index (κ1) is 10.5. The van der Waals surface area contributed by atoms with Gasteiger partial charge in [0.1, 0.15) is 4.83 Å². The van der Waals surface area contributed by atoms with Crippen LogP contribution in [0.1, 0.15) is 20.8 Å².